The lowest BCUT2D eigenvalue weighted by Crippen LogP contribution is -2.45. The first-order chi connectivity index (χ1) is 14.5. The minimum atomic E-state index is -0.551. The van der Waals surface area contributed by atoms with Gasteiger partial charge in [0.1, 0.15) is 17.3 Å². The van der Waals surface area contributed by atoms with Crippen molar-refractivity contribution in [1.82, 2.24) is 16.0 Å². The summed E-state index contributed by atoms with van der Waals surface area (Å²) in [4.78, 5) is 17.9. The minimum absolute atomic E-state index is 0.0206. The normalized spacial score (nSPS) is 16.6. The van der Waals surface area contributed by atoms with Crippen LogP contribution in [0.2, 0.25) is 0 Å². The van der Waals surface area contributed by atoms with E-state index in [1.807, 2.05) is 6.92 Å². The van der Waals surface area contributed by atoms with E-state index in [-0.39, 0.29) is 17.6 Å². The molecule has 9 heteroatoms. The highest BCUT2D eigenvalue weighted by Crippen LogP contribution is 2.26. The van der Waals surface area contributed by atoms with E-state index >= 15 is 0 Å². The molecule has 2 aromatic rings. The molecule has 162 valence electrons. The number of nitrogens with one attached hydrogen (secondary N) is 3. The molecule has 1 aromatic heterocycles. The van der Waals surface area contributed by atoms with Gasteiger partial charge in [0, 0.05) is 44.8 Å². The van der Waals surface area contributed by atoms with Gasteiger partial charge in [0.05, 0.1) is 6.26 Å². The Balaban J connectivity index is 1.39. The van der Waals surface area contributed by atoms with E-state index in [0.29, 0.717) is 44.3 Å². The summed E-state index contributed by atoms with van der Waals surface area (Å²) >= 11 is 0. The Labute approximate surface area is 174 Å². The Hall–Kier alpha value is -3.10. The molecule has 3 N–H and O–H groups in total. The van der Waals surface area contributed by atoms with Gasteiger partial charge >= 0.3 is 0 Å². The van der Waals surface area contributed by atoms with Crippen LogP contribution >= 0.6 is 0 Å². The molecule has 0 spiro atoms. The largest absolute Gasteiger partial charge is 0.459 e. The fourth-order valence-corrected chi connectivity index (χ4v) is 3.44. The molecule has 1 unspecified atom stereocenters. The maximum absolute atomic E-state index is 14.0. The van der Waals surface area contributed by atoms with Crippen molar-refractivity contribution in [3.8, 4) is 0 Å². The van der Waals surface area contributed by atoms with E-state index < -0.39 is 11.6 Å². The van der Waals surface area contributed by atoms with Gasteiger partial charge in [0.2, 0.25) is 0 Å². The van der Waals surface area contributed by atoms with Crippen LogP contribution in [0.5, 0.6) is 0 Å². The zero-order valence-electron chi connectivity index (χ0n) is 17.2. The molecule has 1 aliphatic rings. The van der Waals surface area contributed by atoms with E-state index in [1.54, 1.807) is 18.0 Å². The Kier molecular flexibility index (Phi) is 7.26. The first-order valence-electron chi connectivity index (χ1n) is 9.98. The van der Waals surface area contributed by atoms with Crippen molar-refractivity contribution in [1.29, 1.82) is 0 Å². The van der Waals surface area contributed by atoms with Crippen LogP contribution in [0.3, 0.4) is 0 Å². The average molecular weight is 419 g/mol. The van der Waals surface area contributed by atoms with Gasteiger partial charge in [-0.3, -0.25) is 9.79 Å². The maximum atomic E-state index is 14.0. The third kappa shape index (κ3) is 5.28. The van der Waals surface area contributed by atoms with Crippen molar-refractivity contribution in [2.75, 3.05) is 38.1 Å². The molecule has 1 aliphatic heterocycles. The van der Waals surface area contributed by atoms with Crippen LogP contribution in [0.25, 0.3) is 0 Å². The van der Waals surface area contributed by atoms with Crippen LogP contribution in [0.1, 0.15) is 29.0 Å². The molecule has 1 saturated heterocycles. The summed E-state index contributed by atoms with van der Waals surface area (Å²) in [5.41, 5.74) is 0.823. The Bertz CT molecular complexity index is 879. The molecule has 1 amide bonds. The fraction of sp³-hybridized carbons (Fsp3) is 0.429. The second-order valence-corrected chi connectivity index (χ2v) is 7.19. The molecule has 1 aromatic carbocycles. The van der Waals surface area contributed by atoms with E-state index in [9.17, 15) is 13.6 Å². The summed E-state index contributed by atoms with van der Waals surface area (Å²) in [6.07, 6.45) is 2.93. The zero-order chi connectivity index (χ0) is 21.5. The number of hydrogen-bond donors (Lipinski definition) is 3. The van der Waals surface area contributed by atoms with Crippen molar-refractivity contribution < 1.29 is 18.0 Å². The summed E-state index contributed by atoms with van der Waals surface area (Å²) in [7, 11) is 1.67. The van der Waals surface area contributed by atoms with Crippen LogP contribution in [0, 0.1) is 18.6 Å². The second-order valence-electron chi connectivity index (χ2n) is 7.19. The molecule has 7 nitrogen and oxygen atoms in total. The van der Waals surface area contributed by atoms with Gasteiger partial charge in [0.15, 0.2) is 11.7 Å². The number of para-hydroxylation sites is 1. The highest BCUT2D eigenvalue weighted by atomic mass is 19.1. The number of amides is 1. The van der Waals surface area contributed by atoms with Crippen LogP contribution in [-0.4, -0.2) is 51.1 Å². The first kappa shape index (κ1) is 21.6. The third-order valence-electron chi connectivity index (χ3n) is 5.01. The van der Waals surface area contributed by atoms with Crippen molar-refractivity contribution in [3.05, 3.63) is 53.5 Å². The van der Waals surface area contributed by atoms with E-state index in [2.05, 4.69) is 20.9 Å². The lowest BCUT2D eigenvalue weighted by molar-refractivity contribution is 0.0925. The van der Waals surface area contributed by atoms with Gasteiger partial charge in [-0.05, 0) is 38.0 Å². The van der Waals surface area contributed by atoms with Gasteiger partial charge in [-0.15, -0.1) is 0 Å². The van der Waals surface area contributed by atoms with Crippen molar-refractivity contribution in [3.63, 3.8) is 0 Å². The molecule has 30 heavy (non-hydrogen) atoms. The van der Waals surface area contributed by atoms with Gasteiger partial charge in [0.25, 0.3) is 5.91 Å². The smallest absolute Gasteiger partial charge is 0.287 e. The number of halogens is 2. The van der Waals surface area contributed by atoms with Gasteiger partial charge in [-0.2, -0.15) is 0 Å². The summed E-state index contributed by atoms with van der Waals surface area (Å²) in [6, 6.07) is 5.68. The minimum Gasteiger partial charge on any atom is -0.459 e. The SMILES string of the molecule is CN=C(NCCCNC(=O)c1occc1C)NC1CCN(c2c(F)cccc2F)C1. The molecule has 0 aliphatic carbocycles. The average Bonchev–Trinajstić information content (AvgIpc) is 3.35. The number of aryl methyl sites for hydroxylation is 1. The maximum Gasteiger partial charge on any atom is 0.287 e. The van der Waals surface area contributed by atoms with Crippen molar-refractivity contribution >= 4 is 17.6 Å². The quantitative estimate of drug-likeness (QED) is 0.365. The molecule has 1 fully saturated rings. The Morgan fingerprint density at radius 1 is 1.23 bits per heavy atom. The number of carbonyl (C=O) groups excluding carboxylic acids is 1. The molecule has 0 radical (unpaired) electrons. The number of hydrogen-bond acceptors (Lipinski definition) is 4. The van der Waals surface area contributed by atoms with Crippen LogP contribution < -0.4 is 20.9 Å². The molecular formula is C21H27F2N5O2. The number of rotatable bonds is 7. The van der Waals surface area contributed by atoms with Gasteiger partial charge < -0.3 is 25.3 Å². The number of furan rings is 1. The van der Waals surface area contributed by atoms with Crippen LogP contribution in [0.4, 0.5) is 14.5 Å². The topological polar surface area (TPSA) is 81.9 Å². The second kappa shape index (κ2) is 10.1. The van der Waals surface area contributed by atoms with E-state index in [1.165, 1.54) is 24.5 Å². The zero-order valence-corrected chi connectivity index (χ0v) is 17.2. The number of guanidine groups is 1. The van der Waals surface area contributed by atoms with Crippen LogP contribution in [-0.2, 0) is 0 Å². The van der Waals surface area contributed by atoms with Crippen molar-refractivity contribution in [2.24, 2.45) is 4.99 Å². The Morgan fingerprint density at radius 3 is 2.63 bits per heavy atom. The predicted octanol–water partition coefficient (Wildman–Crippen LogP) is 2.43. The number of benzene rings is 1. The number of aliphatic imine (C=N–C) groups is 1. The summed E-state index contributed by atoms with van der Waals surface area (Å²) < 4.78 is 33.1. The molecule has 2 heterocycles. The third-order valence-corrected chi connectivity index (χ3v) is 5.01. The monoisotopic (exact) mass is 419 g/mol. The fourth-order valence-electron chi connectivity index (χ4n) is 3.44. The lowest BCUT2D eigenvalue weighted by Gasteiger charge is -2.21. The standard InChI is InChI=1S/C21H27F2N5O2/c1-14-8-12-30-19(14)20(29)25-9-4-10-26-21(24-2)27-15-7-11-28(13-15)18-16(22)5-3-6-17(18)23/h3,5-6,8,12,15H,4,7,9-11,13H2,1-2H3,(H,25,29)(H2,24,26,27). The molecular weight excluding hydrogens is 392 g/mol. The van der Waals surface area contributed by atoms with Gasteiger partial charge in [-0.1, -0.05) is 6.07 Å². The molecule has 1 atom stereocenters. The summed E-state index contributed by atoms with van der Waals surface area (Å²) in [5.74, 6) is -0.386. The van der Waals surface area contributed by atoms with Crippen LogP contribution in [0.15, 0.2) is 39.9 Å². The first-order valence-corrected chi connectivity index (χ1v) is 9.98. The number of nitrogens with zero attached hydrogens (tertiary/aromatic N) is 2. The molecule has 0 bridgehead atoms. The molecule has 3 rings (SSSR count). The number of carbonyl (C=O) groups is 1. The van der Waals surface area contributed by atoms with Crippen molar-refractivity contribution in [2.45, 2.75) is 25.8 Å². The predicted molar refractivity (Wildman–Crippen MR) is 112 cm³/mol. The lowest BCUT2D eigenvalue weighted by atomic mass is 10.2. The van der Waals surface area contributed by atoms with E-state index in [0.717, 1.165) is 12.0 Å². The summed E-state index contributed by atoms with van der Waals surface area (Å²) in [5, 5.41) is 9.29. The Morgan fingerprint density at radius 2 is 1.97 bits per heavy atom. The van der Waals surface area contributed by atoms with Gasteiger partial charge in [-0.25, -0.2) is 8.78 Å². The summed E-state index contributed by atoms with van der Waals surface area (Å²) in [6.45, 7) is 3.96. The van der Waals surface area contributed by atoms with E-state index in [4.69, 9.17) is 4.42 Å². The molecule has 0 saturated carbocycles. The highest BCUT2D eigenvalue weighted by molar-refractivity contribution is 5.92. The highest BCUT2D eigenvalue weighted by Gasteiger charge is 2.27. The number of anilines is 1.